The number of carbonyl (C=O) groups excluding carboxylic acids is 1. The molecule has 11 heteroatoms. The molecule has 0 atom stereocenters. The van der Waals surface area contributed by atoms with Crippen molar-refractivity contribution in [2.75, 3.05) is 81.6 Å². The maximum atomic E-state index is 12.9. The minimum Gasteiger partial charge on any atom is -0.378 e. The highest BCUT2D eigenvalue weighted by Crippen LogP contribution is 2.23. The van der Waals surface area contributed by atoms with Gasteiger partial charge in [0.05, 0.1) is 19.5 Å². The van der Waals surface area contributed by atoms with Gasteiger partial charge < -0.3 is 19.4 Å². The summed E-state index contributed by atoms with van der Waals surface area (Å²) in [7, 11) is -3.17. The van der Waals surface area contributed by atoms with Crippen LogP contribution in [-0.2, 0) is 19.6 Å². The molecule has 3 aliphatic heterocycles. The lowest BCUT2D eigenvalue weighted by Gasteiger charge is -2.38. The number of morpholine rings is 1. The Morgan fingerprint density at radius 3 is 2.30 bits per heavy atom. The summed E-state index contributed by atoms with van der Waals surface area (Å²) in [6.45, 7) is 6.61. The molecule has 3 fully saturated rings. The second kappa shape index (κ2) is 9.03. The first-order chi connectivity index (χ1) is 14.4. The van der Waals surface area contributed by atoms with E-state index in [1.807, 2.05) is 11.0 Å². The minimum atomic E-state index is -3.17. The summed E-state index contributed by atoms with van der Waals surface area (Å²) in [5.41, 5.74) is 0. The lowest BCUT2D eigenvalue weighted by molar-refractivity contribution is -0.137. The van der Waals surface area contributed by atoms with Crippen molar-refractivity contribution in [3.63, 3.8) is 0 Å². The summed E-state index contributed by atoms with van der Waals surface area (Å²) in [5.74, 6) is 1.69. The lowest BCUT2D eigenvalue weighted by Crippen LogP contribution is -2.52. The number of piperidine rings is 1. The van der Waals surface area contributed by atoms with E-state index in [9.17, 15) is 13.2 Å². The van der Waals surface area contributed by atoms with Gasteiger partial charge in [-0.25, -0.2) is 17.7 Å². The molecule has 10 nitrogen and oxygen atoms in total. The van der Waals surface area contributed by atoms with E-state index in [2.05, 4.69) is 14.8 Å². The normalized spacial score (nSPS) is 22.4. The molecule has 3 saturated heterocycles. The van der Waals surface area contributed by atoms with E-state index in [1.165, 1.54) is 10.6 Å². The van der Waals surface area contributed by atoms with Crippen molar-refractivity contribution in [2.24, 2.45) is 5.92 Å². The third-order valence-electron chi connectivity index (χ3n) is 6.11. The predicted octanol–water partition coefficient (Wildman–Crippen LogP) is -0.367. The second-order valence-corrected chi connectivity index (χ2v) is 10.0. The van der Waals surface area contributed by atoms with Crippen LogP contribution in [0.1, 0.15) is 12.8 Å². The van der Waals surface area contributed by atoms with Crippen LogP contribution >= 0.6 is 0 Å². The number of nitrogens with zero attached hydrogens (tertiary/aromatic N) is 6. The average molecular weight is 439 g/mol. The summed E-state index contributed by atoms with van der Waals surface area (Å²) in [6.07, 6.45) is 4.22. The lowest BCUT2D eigenvalue weighted by atomic mass is 9.96. The van der Waals surface area contributed by atoms with Crippen LogP contribution in [0.2, 0.25) is 0 Å². The van der Waals surface area contributed by atoms with Gasteiger partial charge in [0.2, 0.25) is 21.9 Å². The van der Waals surface area contributed by atoms with Gasteiger partial charge in [-0.1, -0.05) is 0 Å². The van der Waals surface area contributed by atoms with Crippen molar-refractivity contribution in [1.82, 2.24) is 19.2 Å². The standard InChI is InChI=1S/C19H30N6O4S/c1-30(27,28)25-6-3-16(4-7-25)18(26)23-10-8-22(9-11-23)17-2-5-20-19(21-17)24-12-14-29-15-13-24/h2,5,16H,3-4,6-15H2,1H3. The maximum Gasteiger partial charge on any atom is 0.227 e. The topological polar surface area (TPSA) is 99.2 Å². The van der Waals surface area contributed by atoms with E-state index >= 15 is 0 Å². The van der Waals surface area contributed by atoms with Gasteiger partial charge in [0.1, 0.15) is 5.82 Å². The van der Waals surface area contributed by atoms with E-state index in [0.717, 1.165) is 37.9 Å². The van der Waals surface area contributed by atoms with Gasteiger partial charge in [0, 0.05) is 64.5 Å². The minimum absolute atomic E-state index is 0.0819. The molecule has 0 spiro atoms. The Morgan fingerprint density at radius 1 is 1.00 bits per heavy atom. The fourth-order valence-corrected chi connectivity index (χ4v) is 5.15. The smallest absolute Gasteiger partial charge is 0.227 e. The van der Waals surface area contributed by atoms with E-state index < -0.39 is 10.0 Å². The zero-order valence-corrected chi connectivity index (χ0v) is 18.3. The fourth-order valence-electron chi connectivity index (χ4n) is 4.28. The first-order valence-electron chi connectivity index (χ1n) is 10.6. The summed E-state index contributed by atoms with van der Waals surface area (Å²) in [6, 6.07) is 1.92. The molecule has 30 heavy (non-hydrogen) atoms. The van der Waals surface area contributed by atoms with Gasteiger partial charge >= 0.3 is 0 Å². The number of carbonyl (C=O) groups is 1. The van der Waals surface area contributed by atoms with Crippen LogP contribution in [0.25, 0.3) is 0 Å². The fraction of sp³-hybridized carbons (Fsp3) is 0.737. The number of ether oxygens (including phenoxy) is 1. The maximum absolute atomic E-state index is 12.9. The first-order valence-corrected chi connectivity index (χ1v) is 12.4. The number of piperazine rings is 1. The van der Waals surface area contributed by atoms with Crippen LogP contribution in [0, 0.1) is 5.92 Å². The highest BCUT2D eigenvalue weighted by Gasteiger charge is 2.33. The number of sulfonamides is 1. The molecule has 1 aromatic rings. The Hall–Kier alpha value is -1.98. The Balaban J connectivity index is 1.30. The summed E-state index contributed by atoms with van der Waals surface area (Å²) < 4.78 is 30.2. The van der Waals surface area contributed by atoms with Crippen molar-refractivity contribution in [2.45, 2.75) is 12.8 Å². The Kier molecular flexibility index (Phi) is 6.40. The Labute approximate surface area is 177 Å². The first kappa shape index (κ1) is 21.3. The van der Waals surface area contributed by atoms with E-state index in [-0.39, 0.29) is 11.8 Å². The van der Waals surface area contributed by atoms with Crippen molar-refractivity contribution < 1.29 is 17.9 Å². The van der Waals surface area contributed by atoms with Gasteiger partial charge in [0.25, 0.3) is 0 Å². The van der Waals surface area contributed by atoms with Crippen LogP contribution in [0.3, 0.4) is 0 Å². The number of hydrogen-bond donors (Lipinski definition) is 0. The summed E-state index contributed by atoms with van der Waals surface area (Å²) in [5, 5.41) is 0. The monoisotopic (exact) mass is 438 g/mol. The molecule has 0 bridgehead atoms. The second-order valence-electron chi connectivity index (χ2n) is 8.06. The SMILES string of the molecule is CS(=O)(=O)N1CCC(C(=O)N2CCN(c3ccnc(N4CCOCC4)n3)CC2)CC1. The zero-order valence-electron chi connectivity index (χ0n) is 17.4. The molecule has 0 N–H and O–H groups in total. The summed E-state index contributed by atoms with van der Waals surface area (Å²) in [4.78, 5) is 28.3. The van der Waals surface area contributed by atoms with Crippen LogP contribution in [0.4, 0.5) is 11.8 Å². The number of aromatic nitrogens is 2. The summed E-state index contributed by atoms with van der Waals surface area (Å²) >= 11 is 0. The van der Waals surface area contributed by atoms with Gasteiger partial charge in [-0.05, 0) is 18.9 Å². The Bertz CT molecular complexity index is 844. The average Bonchev–Trinajstić information content (AvgIpc) is 2.79. The molecular weight excluding hydrogens is 408 g/mol. The van der Waals surface area contributed by atoms with Gasteiger partial charge in [-0.15, -0.1) is 0 Å². The molecule has 0 aromatic carbocycles. The molecule has 1 aromatic heterocycles. The van der Waals surface area contributed by atoms with E-state index in [1.54, 1.807) is 6.20 Å². The van der Waals surface area contributed by atoms with Gasteiger partial charge in [-0.3, -0.25) is 4.79 Å². The van der Waals surface area contributed by atoms with Gasteiger partial charge in [0.15, 0.2) is 0 Å². The van der Waals surface area contributed by atoms with Crippen molar-refractivity contribution in [3.05, 3.63) is 12.3 Å². The molecule has 0 saturated carbocycles. The molecule has 166 valence electrons. The van der Waals surface area contributed by atoms with Gasteiger partial charge in [-0.2, -0.15) is 4.98 Å². The quantitative estimate of drug-likeness (QED) is 0.628. The molecular formula is C19H30N6O4S. The third kappa shape index (κ3) is 4.84. The molecule has 0 radical (unpaired) electrons. The number of amides is 1. The predicted molar refractivity (Wildman–Crippen MR) is 113 cm³/mol. The molecule has 4 heterocycles. The Morgan fingerprint density at radius 2 is 1.67 bits per heavy atom. The van der Waals surface area contributed by atoms with Crippen LogP contribution in [0.15, 0.2) is 12.3 Å². The largest absolute Gasteiger partial charge is 0.378 e. The van der Waals surface area contributed by atoms with Crippen molar-refractivity contribution in [1.29, 1.82) is 0 Å². The highest BCUT2D eigenvalue weighted by atomic mass is 32.2. The van der Waals surface area contributed by atoms with Crippen molar-refractivity contribution in [3.8, 4) is 0 Å². The number of anilines is 2. The zero-order chi connectivity index (χ0) is 21.1. The van der Waals surface area contributed by atoms with E-state index in [0.29, 0.717) is 52.2 Å². The molecule has 0 aliphatic carbocycles. The molecule has 3 aliphatic rings. The van der Waals surface area contributed by atoms with Crippen molar-refractivity contribution >= 4 is 27.7 Å². The molecule has 1 amide bonds. The third-order valence-corrected chi connectivity index (χ3v) is 7.41. The van der Waals surface area contributed by atoms with E-state index in [4.69, 9.17) is 9.72 Å². The highest BCUT2D eigenvalue weighted by molar-refractivity contribution is 7.88. The molecule has 0 unspecified atom stereocenters. The van der Waals surface area contributed by atoms with Crippen LogP contribution in [-0.4, -0.2) is 105 Å². The van der Waals surface area contributed by atoms with Crippen LogP contribution in [0.5, 0.6) is 0 Å². The molecule has 4 rings (SSSR count). The number of hydrogen-bond acceptors (Lipinski definition) is 8. The van der Waals surface area contributed by atoms with Crippen LogP contribution < -0.4 is 9.80 Å². The number of rotatable bonds is 4.